The first-order valence-corrected chi connectivity index (χ1v) is 11.5. The topological polar surface area (TPSA) is 85.9 Å². The Morgan fingerprint density at radius 1 is 0.806 bits per heavy atom. The van der Waals surface area contributed by atoms with Crippen LogP contribution >= 0.6 is 0 Å². The zero-order chi connectivity index (χ0) is 25.2. The summed E-state index contributed by atoms with van der Waals surface area (Å²) in [5, 5.41) is 7.55. The minimum Gasteiger partial charge on any atom is -0.497 e. The van der Waals surface area contributed by atoms with E-state index in [-0.39, 0.29) is 5.91 Å². The second-order valence-corrected chi connectivity index (χ2v) is 8.38. The standard InChI is InChI=1S/C28H27N3O5/c1-33-19-9-5-17(6-10-19)16-31-27(22-14-13-21(35-3)15-23(22)36-4)24-25(29-30-26(24)28(31)32)18-7-11-20(34-2)12-8-18/h5-15,27H,16H2,1-4H3,(H,29,30). The van der Waals surface area contributed by atoms with Crippen LogP contribution in [0.2, 0.25) is 0 Å². The van der Waals surface area contributed by atoms with Crippen LogP contribution in [0.4, 0.5) is 0 Å². The average Bonchev–Trinajstić information content (AvgIpc) is 3.47. The Hall–Kier alpha value is -4.46. The van der Waals surface area contributed by atoms with Crippen molar-refractivity contribution in [3.63, 3.8) is 0 Å². The molecule has 8 nitrogen and oxygen atoms in total. The molecular weight excluding hydrogens is 458 g/mol. The van der Waals surface area contributed by atoms with Crippen LogP contribution in [0.5, 0.6) is 23.0 Å². The average molecular weight is 486 g/mol. The van der Waals surface area contributed by atoms with Crippen LogP contribution in [-0.4, -0.2) is 49.4 Å². The first-order valence-electron chi connectivity index (χ1n) is 11.5. The number of nitrogens with zero attached hydrogens (tertiary/aromatic N) is 2. The van der Waals surface area contributed by atoms with Gasteiger partial charge in [0.05, 0.1) is 40.2 Å². The number of H-pyrrole nitrogens is 1. The fourth-order valence-electron chi connectivity index (χ4n) is 4.62. The number of methoxy groups -OCH3 is 4. The highest BCUT2D eigenvalue weighted by Gasteiger charge is 2.43. The van der Waals surface area contributed by atoms with Gasteiger partial charge in [0.25, 0.3) is 5.91 Å². The van der Waals surface area contributed by atoms with Crippen molar-refractivity contribution >= 4 is 5.91 Å². The van der Waals surface area contributed by atoms with Crippen molar-refractivity contribution in [1.29, 1.82) is 0 Å². The van der Waals surface area contributed by atoms with Gasteiger partial charge in [0, 0.05) is 29.3 Å². The van der Waals surface area contributed by atoms with E-state index >= 15 is 0 Å². The molecule has 0 aliphatic carbocycles. The molecule has 0 fully saturated rings. The molecule has 1 aliphatic rings. The summed E-state index contributed by atoms with van der Waals surface area (Å²) in [5.74, 6) is 2.68. The first-order chi connectivity index (χ1) is 17.6. The minimum atomic E-state index is -0.425. The smallest absolute Gasteiger partial charge is 0.273 e. The van der Waals surface area contributed by atoms with Gasteiger partial charge in [-0.2, -0.15) is 5.10 Å². The monoisotopic (exact) mass is 485 g/mol. The maximum Gasteiger partial charge on any atom is 0.273 e. The maximum atomic E-state index is 13.7. The zero-order valence-corrected chi connectivity index (χ0v) is 20.6. The van der Waals surface area contributed by atoms with Gasteiger partial charge in [-0.25, -0.2) is 0 Å². The molecule has 1 unspecified atom stereocenters. The number of carbonyl (C=O) groups excluding carboxylic acids is 1. The van der Waals surface area contributed by atoms with E-state index in [1.54, 1.807) is 28.4 Å². The molecule has 36 heavy (non-hydrogen) atoms. The number of nitrogens with one attached hydrogen (secondary N) is 1. The lowest BCUT2D eigenvalue weighted by atomic mass is 9.95. The predicted molar refractivity (Wildman–Crippen MR) is 135 cm³/mol. The fourth-order valence-corrected chi connectivity index (χ4v) is 4.62. The van der Waals surface area contributed by atoms with Gasteiger partial charge in [-0.15, -0.1) is 0 Å². The Bertz CT molecular complexity index is 1380. The fraction of sp³-hybridized carbons (Fsp3) is 0.214. The van der Waals surface area contributed by atoms with Crippen LogP contribution in [0, 0.1) is 0 Å². The van der Waals surface area contributed by atoms with E-state index in [1.165, 1.54) is 0 Å². The van der Waals surface area contributed by atoms with E-state index in [2.05, 4.69) is 10.2 Å². The summed E-state index contributed by atoms with van der Waals surface area (Å²) < 4.78 is 21.8. The van der Waals surface area contributed by atoms with Gasteiger partial charge in [-0.3, -0.25) is 9.89 Å². The van der Waals surface area contributed by atoms with Crippen LogP contribution in [-0.2, 0) is 6.54 Å². The molecule has 0 bridgehead atoms. The van der Waals surface area contributed by atoms with Crippen LogP contribution < -0.4 is 18.9 Å². The minimum absolute atomic E-state index is 0.129. The molecule has 1 amide bonds. The number of hydrogen-bond donors (Lipinski definition) is 1. The van der Waals surface area contributed by atoms with Crippen molar-refractivity contribution in [2.24, 2.45) is 0 Å². The summed E-state index contributed by atoms with van der Waals surface area (Å²) in [6.07, 6.45) is 0. The molecule has 0 radical (unpaired) electrons. The Morgan fingerprint density at radius 2 is 1.42 bits per heavy atom. The summed E-state index contributed by atoms with van der Waals surface area (Å²) >= 11 is 0. The molecular formula is C28H27N3O5. The summed E-state index contributed by atoms with van der Waals surface area (Å²) in [6.45, 7) is 0.396. The van der Waals surface area contributed by atoms with Crippen molar-refractivity contribution in [3.8, 4) is 34.3 Å². The van der Waals surface area contributed by atoms with Crippen molar-refractivity contribution < 1.29 is 23.7 Å². The van der Waals surface area contributed by atoms with Crippen molar-refractivity contribution in [2.45, 2.75) is 12.6 Å². The molecule has 1 aliphatic heterocycles. The molecule has 1 N–H and O–H groups in total. The third kappa shape index (κ3) is 4.00. The number of rotatable bonds is 8. The summed E-state index contributed by atoms with van der Waals surface area (Å²) in [5.41, 5.74) is 4.69. The number of amides is 1. The van der Waals surface area contributed by atoms with Gasteiger partial charge >= 0.3 is 0 Å². The number of aromatic amines is 1. The Morgan fingerprint density at radius 3 is 2.03 bits per heavy atom. The molecule has 1 atom stereocenters. The normalized spacial score (nSPS) is 14.5. The van der Waals surface area contributed by atoms with Crippen LogP contribution in [0.1, 0.15) is 33.2 Å². The van der Waals surface area contributed by atoms with Crippen LogP contribution in [0.3, 0.4) is 0 Å². The van der Waals surface area contributed by atoms with E-state index in [9.17, 15) is 4.79 Å². The first kappa shape index (κ1) is 23.3. The van der Waals surface area contributed by atoms with Crippen molar-refractivity contribution in [1.82, 2.24) is 15.1 Å². The Kier molecular flexibility index (Phi) is 6.25. The van der Waals surface area contributed by atoms with E-state index in [1.807, 2.05) is 71.6 Å². The summed E-state index contributed by atoms with van der Waals surface area (Å²) in [4.78, 5) is 15.6. The number of hydrogen-bond acceptors (Lipinski definition) is 6. The lowest BCUT2D eigenvalue weighted by Gasteiger charge is -2.28. The van der Waals surface area contributed by atoms with Gasteiger partial charge in [-0.05, 0) is 54.1 Å². The molecule has 8 heteroatoms. The lowest BCUT2D eigenvalue weighted by molar-refractivity contribution is 0.0728. The predicted octanol–water partition coefficient (Wildman–Crippen LogP) is 4.86. The summed E-state index contributed by atoms with van der Waals surface area (Å²) in [7, 11) is 6.48. The highest BCUT2D eigenvalue weighted by molar-refractivity contribution is 6.00. The molecule has 5 rings (SSSR count). The number of ether oxygens (including phenoxy) is 4. The van der Waals surface area contributed by atoms with Crippen molar-refractivity contribution in [3.05, 3.63) is 89.1 Å². The van der Waals surface area contributed by atoms with Crippen molar-refractivity contribution in [2.75, 3.05) is 28.4 Å². The SMILES string of the molecule is COc1ccc(CN2C(=O)c3[nH]nc(-c4ccc(OC)cc4)c3C2c2ccc(OC)cc2OC)cc1. The largest absolute Gasteiger partial charge is 0.497 e. The highest BCUT2D eigenvalue weighted by Crippen LogP contribution is 2.46. The summed E-state index contributed by atoms with van der Waals surface area (Å²) in [6, 6.07) is 20.6. The second-order valence-electron chi connectivity index (χ2n) is 8.38. The number of benzene rings is 3. The number of carbonyl (C=O) groups is 1. The molecule has 2 heterocycles. The molecule has 0 saturated carbocycles. The number of fused-ring (bicyclic) bond motifs is 1. The highest BCUT2D eigenvalue weighted by atomic mass is 16.5. The van der Waals surface area contributed by atoms with E-state index in [0.29, 0.717) is 29.4 Å². The second kappa shape index (κ2) is 9.65. The molecule has 1 aromatic heterocycles. The molecule has 3 aromatic carbocycles. The third-order valence-electron chi connectivity index (χ3n) is 6.47. The molecule has 4 aromatic rings. The number of aromatic nitrogens is 2. The van der Waals surface area contributed by atoms with Crippen LogP contribution in [0.15, 0.2) is 66.7 Å². The zero-order valence-electron chi connectivity index (χ0n) is 20.6. The van der Waals surface area contributed by atoms with E-state index < -0.39 is 6.04 Å². The van der Waals surface area contributed by atoms with E-state index in [0.717, 1.165) is 33.8 Å². The lowest BCUT2D eigenvalue weighted by Crippen LogP contribution is -2.29. The molecule has 184 valence electrons. The molecule has 0 saturated heterocycles. The van der Waals surface area contributed by atoms with Gasteiger partial charge in [0.15, 0.2) is 0 Å². The van der Waals surface area contributed by atoms with E-state index in [4.69, 9.17) is 18.9 Å². The van der Waals surface area contributed by atoms with Gasteiger partial charge in [0.1, 0.15) is 28.7 Å². The quantitative estimate of drug-likeness (QED) is 0.384. The Balaban J connectivity index is 1.64. The van der Waals surface area contributed by atoms with Crippen LogP contribution in [0.25, 0.3) is 11.3 Å². The maximum absolute atomic E-state index is 13.7. The van der Waals surface area contributed by atoms with Gasteiger partial charge in [-0.1, -0.05) is 12.1 Å². The van der Waals surface area contributed by atoms with Gasteiger partial charge in [0.2, 0.25) is 0 Å². The molecule has 0 spiro atoms. The van der Waals surface area contributed by atoms with Gasteiger partial charge < -0.3 is 23.8 Å². The Labute approximate surface area is 209 Å². The third-order valence-corrected chi connectivity index (χ3v) is 6.47.